The Morgan fingerprint density at radius 3 is 2.52 bits per heavy atom. The van der Waals surface area contributed by atoms with E-state index in [2.05, 4.69) is 22.8 Å². The van der Waals surface area contributed by atoms with Gasteiger partial charge in [-0.3, -0.25) is 4.79 Å². The number of ether oxygens (including phenoxy) is 1. The maximum atomic E-state index is 12.5. The summed E-state index contributed by atoms with van der Waals surface area (Å²) < 4.78 is 5.89. The molecule has 0 spiro atoms. The van der Waals surface area contributed by atoms with Crippen molar-refractivity contribution in [2.75, 3.05) is 26.2 Å². The minimum atomic E-state index is -0.0759. The van der Waals surface area contributed by atoms with Gasteiger partial charge < -0.3 is 15.0 Å². The zero-order chi connectivity index (χ0) is 19.9. The van der Waals surface area contributed by atoms with Crippen LogP contribution in [0.2, 0.25) is 0 Å². The molecule has 1 saturated heterocycles. The molecule has 150 valence electrons. The fraction of sp³-hybridized carbons (Fsp3) is 0.292. The van der Waals surface area contributed by atoms with Crippen molar-refractivity contribution in [3.05, 3.63) is 77.0 Å². The van der Waals surface area contributed by atoms with Crippen molar-refractivity contribution in [2.45, 2.75) is 18.9 Å². The van der Waals surface area contributed by atoms with Crippen LogP contribution in [0, 0.1) is 0 Å². The summed E-state index contributed by atoms with van der Waals surface area (Å²) in [5, 5.41) is 5.21. The number of quaternary nitrogens is 1. The Morgan fingerprint density at radius 2 is 1.76 bits per heavy atom. The topological polar surface area (TPSA) is 42.8 Å². The highest BCUT2D eigenvalue weighted by atomic mass is 32.1. The molecule has 3 aromatic rings. The minimum Gasteiger partial charge on any atom is -0.483 e. The Hall–Kier alpha value is -2.63. The predicted molar refractivity (Wildman–Crippen MR) is 117 cm³/mol. The summed E-state index contributed by atoms with van der Waals surface area (Å²) in [6, 6.07) is 22.6. The SMILES string of the molecule is O=C(COc1ccccc1-c1ccccc1)NC[C@@H](c1cccs1)[NH+]1CCCC1. The maximum absolute atomic E-state index is 12.5. The number of carbonyl (C=O) groups excluding carboxylic acids is 1. The molecular formula is C24H27N2O2S+. The number of nitrogens with one attached hydrogen (secondary N) is 2. The second-order valence-electron chi connectivity index (χ2n) is 7.39. The van der Waals surface area contributed by atoms with Crippen molar-refractivity contribution in [2.24, 2.45) is 0 Å². The van der Waals surface area contributed by atoms with Gasteiger partial charge in [-0.2, -0.15) is 0 Å². The lowest BCUT2D eigenvalue weighted by atomic mass is 10.1. The molecule has 2 N–H and O–H groups in total. The van der Waals surface area contributed by atoms with Crippen LogP contribution < -0.4 is 15.0 Å². The molecule has 0 radical (unpaired) electrons. The van der Waals surface area contributed by atoms with Crippen molar-refractivity contribution in [1.82, 2.24) is 5.32 Å². The number of thiophene rings is 1. The van der Waals surface area contributed by atoms with Crippen molar-refractivity contribution in [3.8, 4) is 16.9 Å². The average Bonchev–Trinajstić information content (AvgIpc) is 3.48. The van der Waals surface area contributed by atoms with Crippen molar-refractivity contribution in [3.63, 3.8) is 0 Å². The molecule has 2 heterocycles. The van der Waals surface area contributed by atoms with Gasteiger partial charge in [0.25, 0.3) is 5.91 Å². The number of benzene rings is 2. The van der Waals surface area contributed by atoms with Gasteiger partial charge in [0.15, 0.2) is 6.61 Å². The van der Waals surface area contributed by atoms with Crippen LogP contribution >= 0.6 is 11.3 Å². The minimum absolute atomic E-state index is 0.0241. The van der Waals surface area contributed by atoms with Gasteiger partial charge in [0.05, 0.1) is 24.5 Å². The first-order valence-electron chi connectivity index (χ1n) is 10.2. The number of hydrogen-bond donors (Lipinski definition) is 2. The second kappa shape index (κ2) is 9.72. The molecule has 4 nitrogen and oxygen atoms in total. The van der Waals surface area contributed by atoms with E-state index in [0.717, 1.165) is 16.9 Å². The number of amides is 1. The van der Waals surface area contributed by atoms with Crippen LogP contribution in [-0.2, 0) is 4.79 Å². The quantitative estimate of drug-likeness (QED) is 0.602. The molecule has 0 saturated carbocycles. The van der Waals surface area contributed by atoms with Gasteiger partial charge in [0.2, 0.25) is 0 Å². The molecule has 0 unspecified atom stereocenters. The summed E-state index contributed by atoms with van der Waals surface area (Å²) in [6.07, 6.45) is 2.54. The van der Waals surface area contributed by atoms with E-state index >= 15 is 0 Å². The summed E-state index contributed by atoms with van der Waals surface area (Å²) in [6.45, 7) is 3.04. The normalized spacial score (nSPS) is 15.2. The lowest BCUT2D eigenvalue weighted by molar-refractivity contribution is -0.918. The summed E-state index contributed by atoms with van der Waals surface area (Å²) in [4.78, 5) is 15.4. The summed E-state index contributed by atoms with van der Waals surface area (Å²) in [7, 11) is 0. The van der Waals surface area contributed by atoms with Crippen molar-refractivity contribution < 1.29 is 14.4 Å². The largest absolute Gasteiger partial charge is 0.483 e. The summed E-state index contributed by atoms with van der Waals surface area (Å²) in [5.74, 6) is 0.654. The van der Waals surface area contributed by atoms with Crippen LogP contribution in [0.15, 0.2) is 72.1 Å². The van der Waals surface area contributed by atoms with Crippen LogP contribution in [0.25, 0.3) is 11.1 Å². The molecule has 1 atom stereocenters. The van der Waals surface area contributed by atoms with E-state index < -0.39 is 0 Å². The second-order valence-corrected chi connectivity index (χ2v) is 8.37. The van der Waals surface area contributed by atoms with Crippen LogP contribution in [0.4, 0.5) is 0 Å². The van der Waals surface area contributed by atoms with Crippen LogP contribution in [-0.4, -0.2) is 32.1 Å². The highest BCUT2D eigenvalue weighted by Gasteiger charge is 2.28. The molecule has 1 amide bonds. The number of rotatable bonds is 8. The van der Waals surface area contributed by atoms with E-state index in [1.807, 2.05) is 54.6 Å². The third-order valence-electron chi connectivity index (χ3n) is 5.46. The maximum Gasteiger partial charge on any atom is 0.258 e. The Morgan fingerprint density at radius 1 is 1.00 bits per heavy atom. The van der Waals surface area contributed by atoms with Gasteiger partial charge >= 0.3 is 0 Å². The predicted octanol–water partition coefficient (Wildman–Crippen LogP) is 3.33. The van der Waals surface area contributed by atoms with Gasteiger partial charge in [-0.25, -0.2) is 0 Å². The van der Waals surface area contributed by atoms with Gasteiger partial charge in [0, 0.05) is 18.4 Å². The van der Waals surface area contributed by atoms with Gasteiger partial charge in [0.1, 0.15) is 11.8 Å². The number of likely N-dealkylation sites (tertiary alicyclic amines) is 1. The van der Waals surface area contributed by atoms with Crippen LogP contribution in [0.5, 0.6) is 5.75 Å². The number of carbonyl (C=O) groups is 1. The molecule has 4 rings (SSSR count). The lowest BCUT2D eigenvalue weighted by Crippen LogP contribution is -3.11. The van der Waals surface area contributed by atoms with Gasteiger partial charge in [-0.1, -0.05) is 54.6 Å². The van der Waals surface area contributed by atoms with E-state index in [0.29, 0.717) is 12.6 Å². The first-order valence-corrected chi connectivity index (χ1v) is 11.1. The van der Waals surface area contributed by atoms with E-state index in [9.17, 15) is 4.79 Å². The van der Waals surface area contributed by atoms with Crippen molar-refractivity contribution in [1.29, 1.82) is 0 Å². The number of hydrogen-bond acceptors (Lipinski definition) is 3. The van der Waals surface area contributed by atoms with E-state index in [4.69, 9.17) is 4.74 Å². The Bertz CT molecular complexity index is 906. The fourth-order valence-corrected chi connectivity index (χ4v) is 4.86. The molecule has 1 aromatic heterocycles. The molecule has 1 fully saturated rings. The number of para-hydroxylation sites is 1. The smallest absolute Gasteiger partial charge is 0.258 e. The molecule has 0 bridgehead atoms. The first kappa shape index (κ1) is 19.7. The molecule has 1 aliphatic heterocycles. The van der Waals surface area contributed by atoms with Crippen molar-refractivity contribution >= 4 is 17.2 Å². The highest BCUT2D eigenvalue weighted by Crippen LogP contribution is 2.29. The van der Waals surface area contributed by atoms with E-state index in [1.54, 1.807) is 16.2 Å². The van der Waals surface area contributed by atoms with E-state index in [1.165, 1.54) is 30.8 Å². The Balaban J connectivity index is 1.36. The average molecular weight is 408 g/mol. The lowest BCUT2D eigenvalue weighted by Gasteiger charge is -2.24. The molecule has 0 aliphatic carbocycles. The molecule has 2 aromatic carbocycles. The summed E-state index contributed by atoms with van der Waals surface area (Å²) in [5.41, 5.74) is 2.08. The van der Waals surface area contributed by atoms with E-state index in [-0.39, 0.29) is 12.5 Å². The monoisotopic (exact) mass is 407 g/mol. The summed E-state index contributed by atoms with van der Waals surface area (Å²) >= 11 is 1.78. The molecule has 29 heavy (non-hydrogen) atoms. The third-order valence-corrected chi connectivity index (χ3v) is 6.45. The molecular weight excluding hydrogens is 380 g/mol. The first-order chi connectivity index (χ1) is 14.3. The van der Waals surface area contributed by atoms with Crippen LogP contribution in [0.3, 0.4) is 0 Å². The van der Waals surface area contributed by atoms with Gasteiger partial charge in [-0.05, 0) is 23.1 Å². The Labute approximate surface area is 176 Å². The van der Waals surface area contributed by atoms with Crippen LogP contribution in [0.1, 0.15) is 23.8 Å². The zero-order valence-electron chi connectivity index (χ0n) is 16.5. The Kier molecular flexibility index (Phi) is 6.60. The standard InChI is InChI=1S/C24H26N2O2S/c27-24(25-17-21(23-13-8-16-29-23)26-14-6-7-15-26)18-28-22-12-5-4-11-20(22)19-9-2-1-3-10-19/h1-5,8-13,16,21H,6-7,14-15,17-18H2,(H,25,27)/p+1/t21-/m0/s1. The zero-order valence-corrected chi connectivity index (χ0v) is 17.3. The highest BCUT2D eigenvalue weighted by molar-refractivity contribution is 7.10. The fourth-order valence-electron chi connectivity index (χ4n) is 3.97. The third kappa shape index (κ3) is 5.05. The molecule has 5 heteroatoms. The van der Waals surface area contributed by atoms with Gasteiger partial charge in [-0.15, -0.1) is 11.3 Å². The molecule has 1 aliphatic rings.